The molecule has 0 atom stereocenters. The van der Waals surface area contributed by atoms with Gasteiger partial charge >= 0.3 is 0 Å². The van der Waals surface area contributed by atoms with E-state index in [-0.39, 0.29) is 0 Å². The third-order valence-electron chi connectivity index (χ3n) is 4.46. The zero-order chi connectivity index (χ0) is 14.4. The molecule has 0 radical (unpaired) electrons. The first-order valence-corrected chi connectivity index (χ1v) is 7.68. The minimum absolute atomic E-state index is 0.523. The maximum absolute atomic E-state index is 6.21. The van der Waals surface area contributed by atoms with Crippen molar-refractivity contribution in [2.45, 2.75) is 19.4 Å². The molecular formula is C19H16ClN. The average molecular weight is 294 g/mol. The second kappa shape index (κ2) is 4.87. The Morgan fingerprint density at radius 1 is 0.905 bits per heavy atom. The molecule has 1 aliphatic carbocycles. The third kappa shape index (κ3) is 1.97. The summed E-state index contributed by atoms with van der Waals surface area (Å²) in [6, 6.07) is 17.1. The Labute approximate surface area is 129 Å². The van der Waals surface area contributed by atoms with E-state index in [1.165, 1.54) is 27.5 Å². The summed E-state index contributed by atoms with van der Waals surface area (Å²) in [5.74, 6) is 0. The lowest BCUT2D eigenvalue weighted by Gasteiger charge is -2.13. The van der Waals surface area contributed by atoms with Crippen LogP contribution in [-0.4, -0.2) is 0 Å². The Kier molecular flexibility index (Phi) is 2.99. The summed E-state index contributed by atoms with van der Waals surface area (Å²) in [4.78, 5) is 0. The summed E-state index contributed by atoms with van der Waals surface area (Å²) in [6.45, 7) is 0.523. The van der Waals surface area contributed by atoms with E-state index in [4.69, 9.17) is 17.3 Å². The number of nitrogens with two attached hydrogens (primary N) is 1. The van der Waals surface area contributed by atoms with Crippen LogP contribution in [0.3, 0.4) is 0 Å². The lowest BCUT2D eigenvalue weighted by atomic mass is 9.92. The van der Waals surface area contributed by atoms with Gasteiger partial charge in [-0.3, -0.25) is 0 Å². The van der Waals surface area contributed by atoms with Crippen LogP contribution in [0.25, 0.3) is 21.9 Å². The highest BCUT2D eigenvalue weighted by Gasteiger charge is 2.17. The Bertz CT molecular complexity index is 841. The molecule has 21 heavy (non-hydrogen) atoms. The highest BCUT2D eigenvalue weighted by molar-refractivity contribution is 6.31. The Balaban J connectivity index is 2.07. The Morgan fingerprint density at radius 3 is 2.52 bits per heavy atom. The van der Waals surface area contributed by atoms with E-state index in [0.29, 0.717) is 6.54 Å². The molecule has 104 valence electrons. The number of aryl methyl sites for hydroxylation is 2. The summed E-state index contributed by atoms with van der Waals surface area (Å²) in [6.07, 6.45) is 2.30. The van der Waals surface area contributed by atoms with E-state index in [1.807, 2.05) is 18.2 Å². The fourth-order valence-corrected chi connectivity index (χ4v) is 3.63. The summed E-state index contributed by atoms with van der Waals surface area (Å²) in [7, 11) is 0. The molecule has 0 fully saturated rings. The van der Waals surface area contributed by atoms with Crippen molar-refractivity contribution in [3.63, 3.8) is 0 Å². The minimum Gasteiger partial charge on any atom is -0.326 e. The predicted octanol–water partition coefficient (Wildman–Crippen LogP) is 4.72. The Morgan fingerprint density at radius 2 is 1.71 bits per heavy atom. The lowest BCUT2D eigenvalue weighted by Crippen LogP contribution is -1.99. The zero-order valence-electron chi connectivity index (χ0n) is 11.7. The zero-order valence-corrected chi connectivity index (χ0v) is 12.5. The molecule has 0 saturated heterocycles. The van der Waals surface area contributed by atoms with Crippen molar-refractivity contribution in [1.82, 2.24) is 0 Å². The highest BCUT2D eigenvalue weighted by Crippen LogP contribution is 2.38. The lowest BCUT2D eigenvalue weighted by molar-refractivity contribution is 1.02. The van der Waals surface area contributed by atoms with Crippen LogP contribution in [0.4, 0.5) is 0 Å². The Hall–Kier alpha value is -1.83. The van der Waals surface area contributed by atoms with Gasteiger partial charge < -0.3 is 5.73 Å². The van der Waals surface area contributed by atoms with Crippen molar-refractivity contribution in [3.8, 4) is 11.1 Å². The van der Waals surface area contributed by atoms with Crippen molar-refractivity contribution in [2.24, 2.45) is 5.73 Å². The average Bonchev–Trinajstić information content (AvgIpc) is 2.93. The molecule has 0 bridgehead atoms. The van der Waals surface area contributed by atoms with Crippen molar-refractivity contribution in [1.29, 1.82) is 0 Å². The van der Waals surface area contributed by atoms with Gasteiger partial charge in [-0.2, -0.15) is 0 Å². The van der Waals surface area contributed by atoms with Crippen LogP contribution in [0.5, 0.6) is 0 Å². The molecule has 0 heterocycles. The first-order valence-electron chi connectivity index (χ1n) is 7.30. The highest BCUT2D eigenvalue weighted by atomic mass is 35.5. The standard InChI is InChI=1S/C19H16ClN/c20-15-8-6-14(11-21)18(10-15)16-9-7-13-5-4-12-2-1-3-17(16)19(12)13/h1-3,6-10H,4-5,11,21H2. The number of benzene rings is 3. The molecule has 0 unspecified atom stereocenters. The largest absolute Gasteiger partial charge is 0.326 e. The van der Waals surface area contributed by atoms with Crippen LogP contribution >= 0.6 is 11.6 Å². The molecule has 2 N–H and O–H groups in total. The maximum Gasteiger partial charge on any atom is 0.0412 e. The van der Waals surface area contributed by atoms with Gasteiger partial charge in [0.1, 0.15) is 0 Å². The molecule has 0 aromatic heterocycles. The normalized spacial score (nSPS) is 13.0. The molecular weight excluding hydrogens is 278 g/mol. The molecule has 3 aromatic rings. The quantitative estimate of drug-likeness (QED) is 0.727. The van der Waals surface area contributed by atoms with Crippen molar-refractivity contribution >= 4 is 22.4 Å². The van der Waals surface area contributed by atoms with Crippen LogP contribution < -0.4 is 5.73 Å². The van der Waals surface area contributed by atoms with E-state index in [1.54, 1.807) is 0 Å². The summed E-state index contributed by atoms with van der Waals surface area (Å²) >= 11 is 6.21. The van der Waals surface area contributed by atoms with Gasteiger partial charge in [-0.1, -0.05) is 48.0 Å². The predicted molar refractivity (Wildman–Crippen MR) is 89.7 cm³/mol. The van der Waals surface area contributed by atoms with E-state index >= 15 is 0 Å². The second-order valence-electron chi connectivity index (χ2n) is 5.62. The number of hydrogen-bond acceptors (Lipinski definition) is 1. The second-order valence-corrected chi connectivity index (χ2v) is 6.05. The summed E-state index contributed by atoms with van der Waals surface area (Å²) < 4.78 is 0. The SMILES string of the molecule is NCc1ccc(Cl)cc1-c1ccc2c3c(cccc13)CC2. The van der Waals surface area contributed by atoms with Gasteiger partial charge in [-0.15, -0.1) is 0 Å². The summed E-state index contributed by atoms with van der Waals surface area (Å²) in [5.41, 5.74) is 12.4. The van der Waals surface area contributed by atoms with Crippen molar-refractivity contribution in [2.75, 3.05) is 0 Å². The van der Waals surface area contributed by atoms with E-state index in [2.05, 4.69) is 30.3 Å². The van der Waals surface area contributed by atoms with Crippen LogP contribution in [0.1, 0.15) is 16.7 Å². The fraction of sp³-hybridized carbons (Fsp3) is 0.158. The molecule has 4 rings (SSSR count). The van der Waals surface area contributed by atoms with Gasteiger partial charge in [0, 0.05) is 11.6 Å². The number of halogens is 1. The van der Waals surface area contributed by atoms with Crippen molar-refractivity contribution in [3.05, 3.63) is 70.2 Å². The van der Waals surface area contributed by atoms with Gasteiger partial charge in [-0.25, -0.2) is 0 Å². The molecule has 2 heteroatoms. The van der Waals surface area contributed by atoms with Crippen LogP contribution in [-0.2, 0) is 19.4 Å². The first-order chi connectivity index (χ1) is 10.3. The smallest absolute Gasteiger partial charge is 0.0412 e. The van der Waals surface area contributed by atoms with Gasteiger partial charge in [0.15, 0.2) is 0 Å². The fourth-order valence-electron chi connectivity index (χ4n) is 3.46. The molecule has 1 aliphatic rings. The van der Waals surface area contributed by atoms with Gasteiger partial charge in [0.05, 0.1) is 0 Å². The monoisotopic (exact) mass is 293 g/mol. The van der Waals surface area contributed by atoms with E-state index < -0.39 is 0 Å². The van der Waals surface area contributed by atoms with Crippen LogP contribution in [0, 0.1) is 0 Å². The van der Waals surface area contributed by atoms with Crippen molar-refractivity contribution < 1.29 is 0 Å². The third-order valence-corrected chi connectivity index (χ3v) is 4.69. The molecule has 0 spiro atoms. The molecule has 0 saturated carbocycles. The maximum atomic E-state index is 6.21. The molecule has 1 nitrogen and oxygen atoms in total. The molecule has 3 aromatic carbocycles. The van der Waals surface area contributed by atoms with Gasteiger partial charge in [0.2, 0.25) is 0 Å². The first kappa shape index (κ1) is 12.9. The molecule has 0 amide bonds. The topological polar surface area (TPSA) is 26.0 Å². The molecule has 0 aliphatic heterocycles. The van der Waals surface area contributed by atoms with E-state index in [9.17, 15) is 0 Å². The van der Waals surface area contributed by atoms with Crippen LogP contribution in [0.2, 0.25) is 5.02 Å². The van der Waals surface area contributed by atoms with Gasteiger partial charge in [-0.05, 0) is 63.6 Å². The number of rotatable bonds is 2. The summed E-state index contributed by atoms with van der Waals surface area (Å²) in [5, 5.41) is 3.50. The van der Waals surface area contributed by atoms with Gasteiger partial charge in [0.25, 0.3) is 0 Å². The van der Waals surface area contributed by atoms with Crippen LogP contribution in [0.15, 0.2) is 48.5 Å². The number of hydrogen-bond donors (Lipinski definition) is 1. The minimum atomic E-state index is 0.523. The van der Waals surface area contributed by atoms with E-state index in [0.717, 1.165) is 29.0 Å².